The van der Waals surface area contributed by atoms with E-state index in [2.05, 4.69) is 10.0 Å². The molecule has 122 valence electrons. The number of amides is 1. The quantitative estimate of drug-likeness (QED) is 0.836. The summed E-state index contributed by atoms with van der Waals surface area (Å²) in [5.41, 5.74) is 0.558. The van der Waals surface area contributed by atoms with Gasteiger partial charge in [0.1, 0.15) is 6.10 Å². The Kier molecular flexibility index (Phi) is 5.55. The van der Waals surface area contributed by atoms with Gasteiger partial charge in [-0.1, -0.05) is 6.92 Å². The maximum absolute atomic E-state index is 12.1. The van der Waals surface area contributed by atoms with Crippen LogP contribution in [-0.4, -0.2) is 33.1 Å². The summed E-state index contributed by atoms with van der Waals surface area (Å²) in [6, 6.07) is 6.01. The second kappa shape index (κ2) is 7.21. The van der Waals surface area contributed by atoms with Crippen LogP contribution < -0.4 is 10.0 Å². The Morgan fingerprint density at radius 1 is 1.36 bits per heavy atom. The van der Waals surface area contributed by atoms with Crippen LogP contribution in [0.15, 0.2) is 29.2 Å². The molecule has 6 nitrogen and oxygen atoms in total. The first-order valence-electron chi connectivity index (χ1n) is 7.47. The minimum Gasteiger partial charge on any atom is -0.368 e. The van der Waals surface area contributed by atoms with Crippen molar-refractivity contribution >= 4 is 21.6 Å². The largest absolute Gasteiger partial charge is 0.368 e. The smallest absolute Gasteiger partial charge is 0.253 e. The van der Waals surface area contributed by atoms with Crippen molar-refractivity contribution in [2.24, 2.45) is 0 Å². The Morgan fingerprint density at radius 2 is 2.05 bits per heavy atom. The van der Waals surface area contributed by atoms with Crippen LogP contribution in [0.3, 0.4) is 0 Å². The molecule has 1 heterocycles. The number of carbonyl (C=O) groups is 1. The molecule has 2 atom stereocenters. The first-order valence-corrected chi connectivity index (χ1v) is 8.95. The molecule has 0 radical (unpaired) electrons. The molecule has 0 bridgehead atoms. The predicted octanol–water partition coefficient (Wildman–Crippen LogP) is 1.88. The maximum atomic E-state index is 12.1. The van der Waals surface area contributed by atoms with Gasteiger partial charge in [-0.05, 0) is 50.5 Å². The molecule has 1 aromatic carbocycles. The molecule has 2 rings (SSSR count). The van der Waals surface area contributed by atoms with Gasteiger partial charge in [-0.25, -0.2) is 13.1 Å². The van der Waals surface area contributed by atoms with Crippen molar-refractivity contribution < 1.29 is 17.9 Å². The van der Waals surface area contributed by atoms with Crippen molar-refractivity contribution in [1.82, 2.24) is 4.72 Å². The Labute approximate surface area is 131 Å². The van der Waals surface area contributed by atoms with Crippen LogP contribution in [0.4, 0.5) is 5.69 Å². The Hall–Kier alpha value is -1.44. The number of sulfonamides is 1. The van der Waals surface area contributed by atoms with Crippen LogP contribution in [0.1, 0.15) is 33.1 Å². The Morgan fingerprint density at radius 3 is 2.59 bits per heavy atom. The van der Waals surface area contributed by atoms with Gasteiger partial charge < -0.3 is 10.1 Å². The molecule has 1 amide bonds. The highest BCUT2D eigenvalue weighted by Gasteiger charge is 2.23. The van der Waals surface area contributed by atoms with Crippen LogP contribution in [0.2, 0.25) is 0 Å². The van der Waals surface area contributed by atoms with E-state index in [1.807, 2.05) is 13.8 Å². The Balaban J connectivity index is 2.02. The summed E-state index contributed by atoms with van der Waals surface area (Å²) in [5, 5.41) is 2.74. The topological polar surface area (TPSA) is 84.5 Å². The van der Waals surface area contributed by atoms with Crippen molar-refractivity contribution in [2.75, 3.05) is 11.9 Å². The van der Waals surface area contributed by atoms with Crippen molar-refractivity contribution in [1.29, 1.82) is 0 Å². The summed E-state index contributed by atoms with van der Waals surface area (Å²) in [7, 11) is -3.52. The molecule has 1 saturated heterocycles. The van der Waals surface area contributed by atoms with Gasteiger partial charge in [-0.2, -0.15) is 0 Å². The Bertz CT molecular complexity index is 607. The third kappa shape index (κ3) is 4.28. The number of ether oxygens (including phenoxy) is 1. The van der Waals surface area contributed by atoms with Gasteiger partial charge in [0.05, 0.1) is 4.90 Å². The van der Waals surface area contributed by atoms with Crippen LogP contribution >= 0.6 is 0 Å². The maximum Gasteiger partial charge on any atom is 0.253 e. The number of rotatable bonds is 6. The normalized spacial score (nSPS) is 19.8. The number of benzene rings is 1. The summed E-state index contributed by atoms with van der Waals surface area (Å²) in [6.07, 6.45) is 1.91. The lowest BCUT2D eigenvalue weighted by atomic mass is 10.2. The van der Waals surface area contributed by atoms with Crippen molar-refractivity contribution in [2.45, 2.75) is 50.2 Å². The monoisotopic (exact) mass is 326 g/mol. The first kappa shape index (κ1) is 16.9. The summed E-state index contributed by atoms with van der Waals surface area (Å²) in [5.74, 6) is -0.189. The number of hydrogen-bond acceptors (Lipinski definition) is 4. The van der Waals surface area contributed by atoms with Crippen LogP contribution in [0.25, 0.3) is 0 Å². The van der Waals surface area contributed by atoms with Crippen molar-refractivity contribution in [3.63, 3.8) is 0 Å². The van der Waals surface area contributed by atoms with Gasteiger partial charge in [-0.3, -0.25) is 4.79 Å². The molecule has 0 aliphatic carbocycles. The number of carbonyl (C=O) groups excluding carboxylic acids is 1. The summed E-state index contributed by atoms with van der Waals surface area (Å²) < 4.78 is 32.1. The standard InChI is InChI=1S/C15H22N2O4S/c1-3-11(2)17-22(19,20)13-8-6-12(7-9-13)16-15(18)14-5-4-10-21-14/h6-9,11,14,17H,3-5,10H2,1-2H3,(H,16,18)/t11-,14-/m0/s1. The molecule has 0 spiro atoms. The average molecular weight is 326 g/mol. The van der Waals surface area contributed by atoms with Gasteiger partial charge in [0.2, 0.25) is 10.0 Å². The fraction of sp³-hybridized carbons (Fsp3) is 0.533. The lowest BCUT2D eigenvalue weighted by molar-refractivity contribution is -0.124. The molecule has 7 heteroatoms. The molecule has 1 fully saturated rings. The molecule has 1 aromatic rings. The average Bonchev–Trinajstić information content (AvgIpc) is 3.01. The molecule has 2 N–H and O–H groups in total. The molecule has 1 aliphatic rings. The molecule has 22 heavy (non-hydrogen) atoms. The van der Waals surface area contributed by atoms with E-state index < -0.39 is 16.1 Å². The van der Waals surface area contributed by atoms with Crippen molar-refractivity contribution in [3.8, 4) is 0 Å². The van der Waals surface area contributed by atoms with E-state index >= 15 is 0 Å². The molecule has 1 aliphatic heterocycles. The lowest BCUT2D eigenvalue weighted by Crippen LogP contribution is -2.32. The minimum atomic E-state index is -3.52. The highest BCUT2D eigenvalue weighted by atomic mass is 32.2. The zero-order chi connectivity index (χ0) is 16.2. The van der Waals surface area contributed by atoms with E-state index in [1.54, 1.807) is 12.1 Å². The summed E-state index contributed by atoms with van der Waals surface area (Å²) >= 11 is 0. The summed E-state index contributed by atoms with van der Waals surface area (Å²) in [6.45, 7) is 4.33. The van der Waals surface area contributed by atoms with Crippen molar-refractivity contribution in [3.05, 3.63) is 24.3 Å². The lowest BCUT2D eigenvalue weighted by Gasteiger charge is -2.13. The SMILES string of the molecule is CC[C@H](C)NS(=O)(=O)c1ccc(NC(=O)[C@@H]2CCCO2)cc1. The fourth-order valence-corrected chi connectivity index (χ4v) is 3.47. The number of anilines is 1. The van der Waals surface area contributed by atoms with E-state index in [0.717, 1.165) is 19.3 Å². The van der Waals surface area contributed by atoms with E-state index in [4.69, 9.17) is 4.74 Å². The highest BCUT2D eigenvalue weighted by Crippen LogP contribution is 2.17. The van der Waals surface area contributed by atoms with Crippen LogP contribution in [0, 0.1) is 0 Å². The zero-order valence-electron chi connectivity index (χ0n) is 12.8. The van der Waals surface area contributed by atoms with E-state index in [1.165, 1.54) is 12.1 Å². The molecule has 0 aromatic heterocycles. The fourth-order valence-electron chi connectivity index (χ4n) is 2.14. The number of hydrogen-bond donors (Lipinski definition) is 2. The van der Waals surface area contributed by atoms with E-state index in [0.29, 0.717) is 12.3 Å². The van der Waals surface area contributed by atoms with Gasteiger partial charge in [0.15, 0.2) is 0 Å². The van der Waals surface area contributed by atoms with E-state index in [-0.39, 0.29) is 16.8 Å². The third-order valence-electron chi connectivity index (χ3n) is 3.62. The summed E-state index contributed by atoms with van der Waals surface area (Å²) in [4.78, 5) is 12.1. The number of nitrogens with one attached hydrogen (secondary N) is 2. The molecular weight excluding hydrogens is 304 g/mol. The zero-order valence-corrected chi connectivity index (χ0v) is 13.7. The van der Waals surface area contributed by atoms with Gasteiger partial charge in [0, 0.05) is 18.3 Å². The van der Waals surface area contributed by atoms with Gasteiger partial charge >= 0.3 is 0 Å². The molecular formula is C15H22N2O4S. The highest BCUT2D eigenvalue weighted by molar-refractivity contribution is 7.89. The molecule has 0 saturated carbocycles. The van der Waals surface area contributed by atoms with Crippen LogP contribution in [0.5, 0.6) is 0 Å². The third-order valence-corrected chi connectivity index (χ3v) is 5.23. The predicted molar refractivity (Wildman–Crippen MR) is 84.1 cm³/mol. The second-order valence-corrected chi connectivity index (χ2v) is 7.16. The molecule has 0 unspecified atom stereocenters. The second-order valence-electron chi connectivity index (χ2n) is 5.45. The van der Waals surface area contributed by atoms with Gasteiger partial charge in [0.25, 0.3) is 5.91 Å². The minimum absolute atomic E-state index is 0.121. The first-order chi connectivity index (χ1) is 10.4. The van der Waals surface area contributed by atoms with Gasteiger partial charge in [-0.15, -0.1) is 0 Å². The van der Waals surface area contributed by atoms with E-state index in [9.17, 15) is 13.2 Å². The van der Waals surface area contributed by atoms with Crippen LogP contribution in [-0.2, 0) is 19.6 Å².